The van der Waals surface area contributed by atoms with Gasteiger partial charge in [-0.3, -0.25) is 0 Å². The van der Waals surface area contributed by atoms with Crippen molar-refractivity contribution in [3.63, 3.8) is 0 Å². The van der Waals surface area contributed by atoms with Gasteiger partial charge in [0, 0.05) is 24.9 Å². The van der Waals surface area contributed by atoms with Gasteiger partial charge in [-0.25, -0.2) is 17.5 Å². The Morgan fingerprint density at radius 2 is 2.00 bits per heavy atom. The van der Waals surface area contributed by atoms with Crippen molar-refractivity contribution >= 4 is 15.7 Å². The highest BCUT2D eigenvalue weighted by molar-refractivity contribution is 7.89. The number of benzene rings is 1. The second-order valence-corrected chi connectivity index (χ2v) is 6.79. The predicted octanol–water partition coefficient (Wildman–Crippen LogP) is 1.50. The van der Waals surface area contributed by atoms with Gasteiger partial charge in [-0.2, -0.15) is 0 Å². The number of sulfonamides is 1. The van der Waals surface area contributed by atoms with Gasteiger partial charge in [0.05, 0.1) is 4.90 Å². The van der Waals surface area contributed by atoms with E-state index < -0.39 is 15.8 Å². The summed E-state index contributed by atoms with van der Waals surface area (Å²) in [5, 5.41) is 0. The zero-order valence-corrected chi connectivity index (χ0v) is 12.1. The van der Waals surface area contributed by atoms with Crippen LogP contribution in [0.15, 0.2) is 23.1 Å². The van der Waals surface area contributed by atoms with Gasteiger partial charge in [0.1, 0.15) is 5.82 Å². The lowest BCUT2D eigenvalue weighted by atomic mass is 9.94. The molecule has 3 N–H and O–H groups in total. The van der Waals surface area contributed by atoms with Crippen molar-refractivity contribution in [2.75, 3.05) is 18.9 Å². The average molecular weight is 302 g/mol. The lowest BCUT2D eigenvalue weighted by Gasteiger charge is -2.28. The molecule has 0 saturated carbocycles. The molecule has 5 nitrogen and oxygen atoms in total. The van der Waals surface area contributed by atoms with Gasteiger partial charge in [0.25, 0.3) is 0 Å². The molecule has 1 heterocycles. The van der Waals surface area contributed by atoms with E-state index in [1.54, 1.807) is 0 Å². The summed E-state index contributed by atoms with van der Waals surface area (Å²) in [6.07, 6.45) is 1.63. The first kappa shape index (κ1) is 15.2. The maximum absolute atomic E-state index is 13.3. The van der Waals surface area contributed by atoms with Crippen LogP contribution >= 0.6 is 0 Å². The SMILES string of the molecule is CC(NS(=O)(=O)c1cc(N)cc(F)c1)C1CCOCC1. The second-order valence-electron chi connectivity index (χ2n) is 5.08. The summed E-state index contributed by atoms with van der Waals surface area (Å²) in [7, 11) is -3.76. The van der Waals surface area contributed by atoms with Crippen LogP contribution in [-0.2, 0) is 14.8 Å². The highest BCUT2D eigenvalue weighted by Gasteiger charge is 2.25. The van der Waals surface area contributed by atoms with E-state index in [2.05, 4.69) is 4.72 Å². The number of nitrogen functional groups attached to an aromatic ring is 1. The number of hydrogen-bond donors (Lipinski definition) is 2. The molecule has 2 rings (SSSR count). The Balaban J connectivity index is 2.13. The van der Waals surface area contributed by atoms with Crippen molar-refractivity contribution in [1.82, 2.24) is 4.72 Å². The van der Waals surface area contributed by atoms with Crippen molar-refractivity contribution in [3.8, 4) is 0 Å². The van der Waals surface area contributed by atoms with Crippen LogP contribution in [0.5, 0.6) is 0 Å². The molecule has 0 spiro atoms. The van der Waals surface area contributed by atoms with Crippen LogP contribution in [-0.4, -0.2) is 27.7 Å². The van der Waals surface area contributed by atoms with Crippen LogP contribution in [0.3, 0.4) is 0 Å². The number of anilines is 1. The van der Waals surface area contributed by atoms with Crippen molar-refractivity contribution < 1.29 is 17.5 Å². The molecule has 0 radical (unpaired) electrons. The molecule has 1 aromatic carbocycles. The van der Waals surface area contributed by atoms with Crippen LogP contribution < -0.4 is 10.5 Å². The van der Waals surface area contributed by atoms with E-state index in [4.69, 9.17) is 10.5 Å². The molecule has 1 saturated heterocycles. The maximum Gasteiger partial charge on any atom is 0.240 e. The summed E-state index contributed by atoms with van der Waals surface area (Å²) in [6.45, 7) is 3.10. The molecule has 1 aliphatic rings. The molecule has 1 fully saturated rings. The van der Waals surface area contributed by atoms with Crippen LogP contribution in [0.1, 0.15) is 19.8 Å². The number of rotatable bonds is 4. The number of ether oxygens (including phenoxy) is 1. The Kier molecular flexibility index (Phi) is 4.62. The fourth-order valence-electron chi connectivity index (χ4n) is 2.36. The largest absolute Gasteiger partial charge is 0.399 e. The second kappa shape index (κ2) is 6.07. The molecule has 1 unspecified atom stereocenters. The summed E-state index contributed by atoms with van der Waals surface area (Å²) in [5.41, 5.74) is 5.57. The third-order valence-corrected chi connectivity index (χ3v) is 5.06. The first-order valence-electron chi connectivity index (χ1n) is 6.54. The molecule has 0 aliphatic carbocycles. The summed E-state index contributed by atoms with van der Waals surface area (Å²) >= 11 is 0. The maximum atomic E-state index is 13.3. The zero-order valence-electron chi connectivity index (χ0n) is 11.3. The fourth-order valence-corrected chi connectivity index (χ4v) is 3.74. The first-order chi connectivity index (χ1) is 9.38. The molecule has 0 amide bonds. The normalized spacial score (nSPS) is 18.9. The zero-order chi connectivity index (χ0) is 14.8. The van der Waals surface area contributed by atoms with Crippen LogP contribution in [0.4, 0.5) is 10.1 Å². The van der Waals surface area contributed by atoms with E-state index in [0.29, 0.717) is 13.2 Å². The standard InChI is InChI=1S/C13H19FN2O3S/c1-9(10-2-4-19-5-3-10)16-20(17,18)13-7-11(14)6-12(15)8-13/h6-10,16H,2-5,15H2,1H3. The monoisotopic (exact) mass is 302 g/mol. The minimum atomic E-state index is -3.76. The Morgan fingerprint density at radius 1 is 1.35 bits per heavy atom. The summed E-state index contributed by atoms with van der Waals surface area (Å²) in [4.78, 5) is -0.145. The quantitative estimate of drug-likeness (QED) is 0.826. The van der Waals surface area contributed by atoms with E-state index in [-0.39, 0.29) is 22.5 Å². The number of hydrogen-bond acceptors (Lipinski definition) is 4. The molecule has 0 aromatic heterocycles. The van der Waals surface area contributed by atoms with Gasteiger partial charge >= 0.3 is 0 Å². The highest BCUT2D eigenvalue weighted by atomic mass is 32.2. The molecule has 112 valence electrons. The Morgan fingerprint density at radius 3 is 2.60 bits per heavy atom. The smallest absolute Gasteiger partial charge is 0.240 e. The lowest BCUT2D eigenvalue weighted by Crippen LogP contribution is -2.40. The molecule has 1 aliphatic heterocycles. The van der Waals surface area contributed by atoms with Gasteiger partial charge in [0.2, 0.25) is 10.0 Å². The third kappa shape index (κ3) is 3.68. The molecular weight excluding hydrogens is 283 g/mol. The van der Waals surface area contributed by atoms with Gasteiger partial charge in [0.15, 0.2) is 0 Å². The summed E-state index contributed by atoms with van der Waals surface area (Å²) in [6, 6.07) is 3.08. The van der Waals surface area contributed by atoms with E-state index in [1.165, 1.54) is 6.07 Å². The van der Waals surface area contributed by atoms with E-state index in [0.717, 1.165) is 25.0 Å². The fraction of sp³-hybridized carbons (Fsp3) is 0.538. The molecule has 0 bridgehead atoms. The summed E-state index contributed by atoms with van der Waals surface area (Å²) in [5.74, 6) is -0.437. The van der Waals surface area contributed by atoms with E-state index >= 15 is 0 Å². The van der Waals surface area contributed by atoms with Crippen LogP contribution in [0.2, 0.25) is 0 Å². The number of halogens is 1. The predicted molar refractivity (Wildman–Crippen MR) is 74.1 cm³/mol. The third-order valence-electron chi connectivity index (χ3n) is 3.52. The van der Waals surface area contributed by atoms with Gasteiger partial charge in [-0.1, -0.05) is 0 Å². The Bertz CT molecular complexity index is 551. The van der Waals surface area contributed by atoms with Crippen molar-refractivity contribution in [3.05, 3.63) is 24.0 Å². The Labute approximate surface area is 118 Å². The minimum Gasteiger partial charge on any atom is -0.399 e. The van der Waals surface area contributed by atoms with Crippen molar-refractivity contribution in [2.24, 2.45) is 5.92 Å². The van der Waals surface area contributed by atoms with E-state index in [9.17, 15) is 12.8 Å². The van der Waals surface area contributed by atoms with Crippen LogP contribution in [0, 0.1) is 11.7 Å². The van der Waals surface area contributed by atoms with Gasteiger partial charge < -0.3 is 10.5 Å². The molecule has 20 heavy (non-hydrogen) atoms. The average Bonchev–Trinajstić information content (AvgIpc) is 2.38. The molecular formula is C13H19FN2O3S. The number of nitrogens with one attached hydrogen (secondary N) is 1. The molecule has 1 aromatic rings. The lowest BCUT2D eigenvalue weighted by molar-refractivity contribution is 0.0585. The molecule has 7 heteroatoms. The van der Waals surface area contributed by atoms with E-state index in [1.807, 2.05) is 6.92 Å². The van der Waals surface area contributed by atoms with Crippen molar-refractivity contribution in [2.45, 2.75) is 30.7 Å². The first-order valence-corrected chi connectivity index (χ1v) is 8.03. The van der Waals surface area contributed by atoms with Crippen LogP contribution in [0.25, 0.3) is 0 Å². The van der Waals surface area contributed by atoms with Gasteiger partial charge in [-0.05, 0) is 43.9 Å². The van der Waals surface area contributed by atoms with Gasteiger partial charge in [-0.15, -0.1) is 0 Å². The summed E-state index contributed by atoms with van der Waals surface area (Å²) < 4.78 is 45.6. The topological polar surface area (TPSA) is 81.4 Å². The van der Waals surface area contributed by atoms with Crippen molar-refractivity contribution in [1.29, 1.82) is 0 Å². The molecule has 1 atom stereocenters. The number of nitrogens with two attached hydrogens (primary N) is 1. The highest BCUT2D eigenvalue weighted by Crippen LogP contribution is 2.21. The minimum absolute atomic E-state index is 0.0871. The Hall–Kier alpha value is -1.18.